The monoisotopic (exact) mass is 269 g/mol. The van der Waals surface area contributed by atoms with Crippen LogP contribution in [0.1, 0.15) is 18.4 Å². The second-order valence-corrected chi connectivity index (χ2v) is 3.99. The van der Waals surface area contributed by atoms with E-state index in [-0.39, 0.29) is 5.92 Å². The molecule has 1 aromatic rings. The highest BCUT2D eigenvalue weighted by Crippen LogP contribution is 2.37. The molecule has 0 N–H and O–H groups in total. The average molecular weight is 270 g/mol. The zero-order valence-corrected chi connectivity index (χ0v) is 10.5. The van der Waals surface area contributed by atoms with Gasteiger partial charge in [0.15, 0.2) is 0 Å². The largest absolute Gasteiger partial charge is 0.496 e. The second kappa shape index (κ2) is 5.04. The Labute approximate surface area is 97.7 Å². The Bertz CT molecular complexity index is 373. The molecule has 1 rings (SSSR count). The fourth-order valence-corrected chi connectivity index (χ4v) is 1.81. The van der Waals surface area contributed by atoms with Crippen molar-refractivity contribution in [2.75, 3.05) is 14.2 Å². The molecule has 0 aromatic heterocycles. The molecule has 0 aliphatic carbocycles. The van der Waals surface area contributed by atoms with Gasteiger partial charge in [-0.3, -0.25) is 0 Å². The van der Waals surface area contributed by atoms with Crippen LogP contribution in [-0.2, 0) is 0 Å². The highest BCUT2D eigenvalue weighted by molar-refractivity contribution is 9.10. The van der Waals surface area contributed by atoms with Crippen LogP contribution < -0.4 is 9.47 Å². The Morgan fingerprint density at radius 1 is 1.27 bits per heavy atom. The molecular formula is C11H12BrNO2. The summed E-state index contributed by atoms with van der Waals surface area (Å²) in [6.07, 6.45) is 0. The maximum atomic E-state index is 8.92. The van der Waals surface area contributed by atoms with Crippen molar-refractivity contribution in [1.82, 2.24) is 0 Å². The Morgan fingerprint density at radius 2 is 1.73 bits per heavy atom. The summed E-state index contributed by atoms with van der Waals surface area (Å²) in [5.74, 6) is 1.06. The summed E-state index contributed by atoms with van der Waals surface area (Å²) < 4.78 is 11.3. The molecule has 1 unspecified atom stereocenters. The summed E-state index contributed by atoms with van der Waals surface area (Å²) in [5.41, 5.74) is 0.783. The highest BCUT2D eigenvalue weighted by Gasteiger charge is 2.17. The third-order valence-electron chi connectivity index (χ3n) is 2.14. The number of ether oxygens (including phenoxy) is 2. The lowest BCUT2D eigenvalue weighted by Gasteiger charge is -2.15. The Kier molecular flexibility index (Phi) is 3.98. The van der Waals surface area contributed by atoms with Gasteiger partial charge >= 0.3 is 0 Å². The zero-order valence-electron chi connectivity index (χ0n) is 8.87. The van der Waals surface area contributed by atoms with Crippen LogP contribution in [0.2, 0.25) is 0 Å². The normalized spacial score (nSPS) is 11.7. The van der Waals surface area contributed by atoms with Gasteiger partial charge in [0.1, 0.15) is 11.5 Å². The van der Waals surface area contributed by atoms with Crippen LogP contribution in [0.4, 0.5) is 0 Å². The molecule has 1 aromatic carbocycles. The van der Waals surface area contributed by atoms with Crippen molar-refractivity contribution in [2.45, 2.75) is 12.8 Å². The van der Waals surface area contributed by atoms with Crippen LogP contribution in [0.25, 0.3) is 0 Å². The van der Waals surface area contributed by atoms with E-state index in [1.807, 2.05) is 19.1 Å². The number of halogens is 1. The van der Waals surface area contributed by atoms with Crippen molar-refractivity contribution in [2.24, 2.45) is 0 Å². The predicted molar refractivity (Wildman–Crippen MR) is 61.3 cm³/mol. The van der Waals surface area contributed by atoms with E-state index >= 15 is 0 Å². The lowest BCUT2D eigenvalue weighted by atomic mass is 10.0. The van der Waals surface area contributed by atoms with E-state index in [9.17, 15) is 0 Å². The Balaban J connectivity index is 3.38. The summed E-state index contributed by atoms with van der Waals surface area (Å²) >= 11 is 3.36. The molecule has 0 fully saturated rings. The maximum absolute atomic E-state index is 8.92. The van der Waals surface area contributed by atoms with Gasteiger partial charge in [0, 0.05) is 4.47 Å². The first-order chi connectivity index (χ1) is 7.13. The standard InChI is InChI=1S/C11H12BrNO2/c1-7(6-13)11-9(14-2)4-8(12)5-10(11)15-3/h4-5,7H,1-3H3. The summed E-state index contributed by atoms with van der Waals surface area (Å²) in [6.45, 7) is 1.81. The van der Waals surface area contributed by atoms with Gasteiger partial charge in [-0.2, -0.15) is 5.26 Å². The van der Waals surface area contributed by atoms with E-state index in [0.717, 1.165) is 10.0 Å². The van der Waals surface area contributed by atoms with Crippen molar-refractivity contribution in [3.63, 3.8) is 0 Å². The molecule has 3 nitrogen and oxygen atoms in total. The van der Waals surface area contributed by atoms with E-state index in [4.69, 9.17) is 14.7 Å². The minimum absolute atomic E-state index is 0.261. The van der Waals surface area contributed by atoms with Crippen LogP contribution in [0.15, 0.2) is 16.6 Å². The van der Waals surface area contributed by atoms with Crippen molar-refractivity contribution in [1.29, 1.82) is 5.26 Å². The van der Waals surface area contributed by atoms with Crippen molar-refractivity contribution in [3.05, 3.63) is 22.2 Å². The molecule has 0 radical (unpaired) electrons. The van der Waals surface area contributed by atoms with Crippen LogP contribution in [0, 0.1) is 11.3 Å². The van der Waals surface area contributed by atoms with Crippen LogP contribution in [0.3, 0.4) is 0 Å². The third-order valence-corrected chi connectivity index (χ3v) is 2.59. The van der Waals surface area contributed by atoms with Gasteiger partial charge in [-0.15, -0.1) is 0 Å². The smallest absolute Gasteiger partial charge is 0.128 e. The summed E-state index contributed by atoms with van der Waals surface area (Å²) in [4.78, 5) is 0. The van der Waals surface area contributed by atoms with Gasteiger partial charge < -0.3 is 9.47 Å². The first kappa shape index (κ1) is 11.9. The van der Waals surface area contributed by atoms with Crippen molar-refractivity contribution >= 4 is 15.9 Å². The number of hydrogen-bond acceptors (Lipinski definition) is 3. The molecule has 0 heterocycles. The molecule has 15 heavy (non-hydrogen) atoms. The summed E-state index contributed by atoms with van der Waals surface area (Å²) in [5, 5.41) is 8.92. The molecule has 80 valence electrons. The van der Waals surface area contributed by atoms with E-state index in [1.165, 1.54) is 0 Å². The van der Waals surface area contributed by atoms with Gasteiger partial charge in [-0.1, -0.05) is 15.9 Å². The second-order valence-electron chi connectivity index (χ2n) is 3.07. The van der Waals surface area contributed by atoms with Crippen molar-refractivity contribution in [3.8, 4) is 17.6 Å². The Hall–Kier alpha value is -1.21. The lowest BCUT2D eigenvalue weighted by Crippen LogP contribution is -1.99. The van der Waals surface area contributed by atoms with E-state index in [2.05, 4.69) is 22.0 Å². The lowest BCUT2D eigenvalue weighted by molar-refractivity contribution is 0.383. The van der Waals surface area contributed by atoms with Gasteiger partial charge in [-0.05, 0) is 19.1 Å². The molecule has 0 bridgehead atoms. The number of nitriles is 1. The van der Waals surface area contributed by atoms with Crippen LogP contribution in [0.5, 0.6) is 11.5 Å². The average Bonchev–Trinajstić information content (AvgIpc) is 2.26. The molecule has 0 saturated heterocycles. The van der Waals surface area contributed by atoms with Crippen LogP contribution in [-0.4, -0.2) is 14.2 Å². The van der Waals surface area contributed by atoms with Gasteiger partial charge in [0.05, 0.1) is 31.8 Å². The topological polar surface area (TPSA) is 42.2 Å². The van der Waals surface area contributed by atoms with Gasteiger partial charge in [0.25, 0.3) is 0 Å². The highest BCUT2D eigenvalue weighted by atomic mass is 79.9. The zero-order chi connectivity index (χ0) is 11.4. The molecular weight excluding hydrogens is 258 g/mol. The molecule has 4 heteroatoms. The molecule has 0 aliphatic heterocycles. The molecule has 0 aliphatic rings. The first-order valence-electron chi connectivity index (χ1n) is 4.45. The van der Waals surface area contributed by atoms with E-state index in [1.54, 1.807) is 14.2 Å². The number of benzene rings is 1. The molecule has 0 saturated carbocycles. The van der Waals surface area contributed by atoms with Gasteiger partial charge in [-0.25, -0.2) is 0 Å². The Morgan fingerprint density at radius 3 is 2.07 bits per heavy atom. The first-order valence-corrected chi connectivity index (χ1v) is 5.24. The molecule has 0 spiro atoms. The maximum Gasteiger partial charge on any atom is 0.128 e. The minimum atomic E-state index is -0.261. The molecule has 0 amide bonds. The number of hydrogen-bond donors (Lipinski definition) is 0. The number of methoxy groups -OCH3 is 2. The fourth-order valence-electron chi connectivity index (χ4n) is 1.40. The summed E-state index contributed by atoms with van der Waals surface area (Å²) in [7, 11) is 3.16. The van der Waals surface area contributed by atoms with E-state index < -0.39 is 0 Å². The quantitative estimate of drug-likeness (QED) is 0.847. The van der Waals surface area contributed by atoms with Crippen molar-refractivity contribution < 1.29 is 9.47 Å². The van der Waals surface area contributed by atoms with E-state index in [0.29, 0.717) is 11.5 Å². The SMILES string of the molecule is COc1cc(Br)cc(OC)c1C(C)C#N. The molecule has 1 atom stereocenters. The predicted octanol–water partition coefficient (Wildman–Crippen LogP) is 3.09. The third kappa shape index (κ3) is 2.42. The van der Waals surface area contributed by atoms with Gasteiger partial charge in [0.2, 0.25) is 0 Å². The van der Waals surface area contributed by atoms with Crippen LogP contribution >= 0.6 is 15.9 Å². The number of nitrogens with zero attached hydrogens (tertiary/aromatic N) is 1. The number of rotatable bonds is 3. The minimum Gasteiger partial charge on any atom is -0.496 e. The fraction of sp³-hybridized carbons (Fsp3) is 0.364. The summed E-state index contributed by atoms with van der Waals surface area (Å²) in [6, 6.07) is 5.82.